The Balaban J connectivity index is 1.49. The number of H-pyrrole nitrogens is 1. The molecule has 8 heteroatoms. The van der Waals surface area contributed by atoms with Gasteiger partial charge in [0.25, 0.3) is 0 Å². The van der Waals surface area contributed by atoms with E-state index < -0.39 is 9.84 Å². The van der Waals surface area contributed by atoms with Crippen LogP contribution in [-0.2, 0) is 9.84 Å². The monoisotopic (exact) mass is 396 g/mol. The molecule has 5 rings (SSSR count). The molecule has 1 fully saturated rings. The molecule has 28 heavy (non-hydrogen) atoms. The van der Waals surface area contributed by atoms with Gasteiger partial charge in [-0.1, -0.05) is 12.1 Å². The second-order valence-corrected chi connectivity index (χ2v) is 9.64. The number of aromatic hydroxyl groups is 1. The second kappa shape index (κ2) is 6.07. The maximum atomic E-state index is 11.7. The van der Waals surface area contributed by atoms with Crippen LogP contribution in [0.25, 0.3) is 16.6 Å². The number of nitrogens with zero attached hydrogens (tertiary/aromatic N) is 3. The highest BCUT2D eigenvalue weighted by Gasteiger charge is 2.30. The minimum Gasteiger partial charge on any atom is -0.506 e. The van der Waals surface area contributed by atoms with Crippen LogP contribution >= 0.6 is 0 Å². The van der Waals surface area contributed by atoms with E-state index in [4.69, 9.17) is 0 Å². The first-order valence-electron chi connectivity index (χ1n) is 9.24. The quantitative estimate of drug-likeness (QED) is 0.553. The zero-order valence-electron chi connectivity index (χ0n) is 15.3. The third-order valence-electron chi connectivity index (χ3n) is 5.79. The van der Waals surface area contributed by atoms with Crippen LogP contribution in [0.15, 0.2) is 47.6 Å². The van der Waals surface area contributed by atoms with Gasteiger partial charge in [0, 0.05) is 6.26 Å². The lowest BCUT2D eigenvalue weighted by molar-refractivity contribution is 0.469. The predicted octanol–water partition coefficient (Wildman–Crippen LogP) is 3.37. The molecule has 0 saturated heterocycles. The van der Waals surface area contributed by atoms with Crippen molar-refractivity contribution in [1.82, 2.24) is 19.8 Å². The highest BCUT2D eigenvalue weighted by Crippen LogP contribution is 2.46. The van der Waals surface area contributed by atoms with Gasteiger partial charge in [0.15, 0.2) is 15.5 Å². The number of aromatic amines is 1. The number of benzene rings is 1. The molecule has 7 nitrogen and oxygen atoms in total. The van der Waals surface area contributed by atoms with Crippen molar-refractivity contribution < 1.29 is 13.5 Å². The minimum absolute atomic E-state index is 0.196. The topological polar surface area (TPSA) is 100 Å². The van der Waals surface area contributed by atoms with Crippen molar-refractivity contribution >= 4 is 26.4 Å². The SMILES string of the molecule is CS(=O)(=O)c1ccc(C2CCC(c3cc(O)cn4nc5[nH]ncc5c34)C2)cc1. The van der Waals surface area contributed by atoms with E-state index in [1.807, 2.05) is 18.2 Å². The third kappa shape index (κ3) is 2.75. The standard InChI is InChI=1S/C20H20N4O3S/c1-28(26,27)16-6-4-12(5-7-16)13-2-3-14(8-13)17-9-15(25)11-24-19(17)18-10-21-22-20(18)23-24/h4-7,9-11,13-14,25H,2-3,8H2,1H3,(H,22,23). The van der Waals surface area contributed by atoms with Crippen LogP contribution in [-0.4, -0.2) is 39.6 Å². The van der Waals surface area contributed by atoms with Gasteiger partial charge in [-0.2, -0.15) is 5.10 Å². The van der Waals surface area contributed by atoms with Gasteiger partial charge in [-0.05, 0) is 60.4 Å². The lowest BCUT2D eigenvalue weighted by Crippen LogP contribution is -2.00. The summed E-state index contributed by atoms with van der Waals surface area (Å²) in [5.74, 6) is 0.856. The van der Waals surface area contributed by atoms with E-state index in [1.165, 1.54) is 6.26 Å². The van der Waals surface area contributed by atoms with Gasteiger partial charge >= 0.3 is 0 Å². The number of nitrogens with one attached hydrogen (secondary N) is 1. The van der Waals surface area contributed by atoms with Crippen molar-refractivity contribution in [2.45, 2.75) is 36.0 Å². The Bertz CT molecular complexity index is 1290. The largest absolute Gasteiger partial charge is 0.506 e. The van der Waals surface area contributed by atoms with Gasteiger partial charge < -0.3 is 5.11 Å². The number of rotatable bonds is 3. The molecule has 144 valence electrons. The van der Waals surface area contributed by atoms with Crippen molar-refractivity contribution in [2.75, 3.05) is 6.26 Å². The number of hydrogen-bond acceptors (Lipinski definition) is 5. The van der Waals surface area contributed by atoms with E-state index in [1.54, 1.807) is 29.0 Å². The minimum atomic E-state index is -3.18. The molecule has 0 spiro atoms. The molecule has 1 aliphatic rings. The van der Waals surface area contributed by atoms with Gasteiger partial charge in [0.05, 0.1) is 28.2 Å². The molecule has 2 unspecified atom stereocenters. The Labute approximate surface area is 161 Å². The van der Waals surface area contributed by atoms with Crippen LogP contribution in [0.2, 0.25) is 0 Å². The molecule has 0 bridgehead atoms. The van der Waals surface area contributed by atoms with E-state index >= 15 is 0 Å². The van der Waals surface area contributed by atoms with E-state index in [9.17, 15) is 13.5 Å². The molecule has 3 aromatic heterocycles. The lowest BCUT2D eigenvalue weighted by atomic mass is 9.92. The summed E-state index contributed by atoms with van der Waals surface area (Å²) in [6.45, 7) is 0. The fourth-order valence-corrected chi connectivity index (χ4v) is 5.08. The first-order chi connectivity index (χ1) is 13.4. The fourth-order valence-electron chi connectivity index (χ4n) is 4.45. The lowest BCUT2D eigenvalue weighted by Gasteiger charge is -2.14. The van der Waals surface area contributed by atoms with Crippen molar-refractivity contribution in [3.8, 4) is 5.75 Å². The molecule has 3 heterocycles. The molecule has 0 radical (unpaired) electrons. The average molecular weight is 396 g/mol. The van der Waals surface area contributed by atoms with Crippen LogP contribution in [0.3, 0.4) is 0 Å². The molecule has 1 saturated carbocycles. The van der Waals surface area contributed by atoms with Crippen LogP contribution < -0.4 is 0 Å². The van der Waals surface area contributed by atoms with Crippen molar-refractivity contribution in [2.24, 2.45) is 0 Å². The summed E-state index contributed by atoms with van der Waals surface area (Å²) in [4.78, 5) is 0.349. The summed E-state index contributed by atoms with van der Waals surface area (Å²) < 4.78 is 25.1. The highest BCUT2D eigenvalue weighted by atomic mass is 32.2. The fraction of sp³-hybridized carbons (Fsp3) is 0.300. The smallest absolute Gasteiger partial charge is 0.178 e. The summed E-state index contributed by atoms with van der Waals surface area (Å²) in [6, 6.07) is 9.07. The van der Waals surface area contributed by atoms with E-state index in [0.717, 1.165) is 41.3 Å². The molecule has 2 N–H and O–H groups in total. The third-order valence-corrected chi connectivity index (χ3v) is 6.92. The average Bonchev–Trinajstić information content (AvgIpc) is 3.36. The molecule has 0 amide bonds. The first kappa shape index (κ1) is 17.2. The highest BCUT2D eigenvalue weighted by molar-refractivity contribution is 7.90. The molecule has 1 aliphatic carbocycles. The summed E-state index contributed by atoms with van der Waals surface area (Å²) >= 11 is 0. The Morgan fingerprint density at radius 1 is 1.18 bits per heavy atom. The zero-order chi connectivity index (χ0) is 19.5. The van der Waals surface area contributed by atoms with Gasteiger partial charge in [0.1, 0.15) is 5.75 Å². The van der Waals surface area contributed by atoms with E-state index in [0.29, 0.717) is 22.4 Å². The molecule has 0 aliphatic heterocycles. The van der Waals surface area contributed by atoms with Gasteiger partial charge in [-0.3, -0.25) is 5.10 Å². The van der Waals surface area contributed by atoms with Gasteiger partial charge in [-0.15, -0.1) is 5.10 Å². The van der Waals surface area contributed by atoms with Crippen LogP contribution in [0, 0.1) is 0 Å². The molecule has 1 aromatic carbocycles. The number of sulfone groups is 1. The van der Waals surface area contributed by atoms with Crippen molar-refractivity contribution in [3.05, 3.63) is 53.9 Å². The number of hydrogen-bond donors (Lipinski definition) is 2. The van der Waals surface area contributed by atoms with E-state index in [-0.39, 0.29) is 5.75 Å². The molecular weight excluding hydrogens is 376 g/mol. The molecular formula is C20H20N4O3S. The summed E-state index contributed by atoms with van der Waals surface area (Å²) in [5.41, 5.74) is 3.93. The summed E-state index contributed by atoms with van der Waals surface area (Å²) in [6.07, 6.45) is 7.58. The number of aromatic nitrogens is 4. The number of pyridine rings is 1. The van der Waals surface area contributed by atoms with E-state index in [2.05, 4.69) is 15.3 Å². The zero-order valence-corrected chi connectivity index (χ0v) is 16.1. The molecule has 4 aromatic rings. The maximum absolute atomic E-state index is 11.7. The predicted molar refractivity (Wildman–Crippen MR) is 105 cm³/mol. The summed E-state index contributed by atoms with van der Waals surface area (Å²) in [7, 11) is -3.18. The van der Waals surface area contributed by atoms with Crippen LogP contribution in [0.5, 0.6) is 5.75 Å². The Morgan fingerprint density at radius 3 is 2.68 bits per heavy atom. The normalized spacial score (nSPS) is 20.3. The molecule has 2 atom stereocenters. The van der Waals surface area contributed by atoms with Crippen molar-refractivity contribution in [3.63, 3.8) is 0 Å². The van der Waals surface area contributed by atoms with Crippen LogP contribution in [0.1, 0.15) is 42.2 Å². The Morgan fingerprint density at radius 2 is 1.93 bits per heavy atom. The van der Waals surface area contributed by atoms with Crippen LogP contribution in [0.4, 0.5) is 0 Å². The Hall–Kier alpha value is -2.87. The van der Waals surface area contributed by atoms with Gasteiger partial charge in [-0.25, -0.2) is 12.9 Å². The second-order valence-electron chi connectivity index (χ2n) is 7.63. The Kier molecular flexibility index (Phi) is 3.74. The number of fused-ring (bicyclic) bond motifs is 3. The summed E-state index contributed by atoms with van der Waals surface area (Å²) in [5, 5.41) is 22.6. The maximum Gasteiger partial charge on any atom is 0.178 e. The first-order valence-corrected chi connectivity index (χ1v) is 11.1. The van der Waals surface area contributed by atoms with Crippen molar-refractivity contribution in [1.29, 1.82) is 0 Å². The van der Waals surface area contributed by atoms with Gasteiger partial charge in [0.2, 0.25) is 0 Å².